The van der Waals surface area contributed by atoms with Gasteiger partial charge in [0.1, 0.15) is 0 Å². The van der Waals surface area contributed by atoms with Crippen molar-refractivity contribution in [3.05, 3.63) is 36.0 Å². The van der Waals surface area contributed by atoms with Crippen LogP contribution in [0.25, 0.3) is 10.9 Å². The second kappa shape index (κ2) is 7.46. The second-order valence-electron chi connectivity index (χ2n) is 5.86. The van der Waals surface area contributed by atoms with Crippen LogP contribution in [0.3, 0.4) is 0 Å². The van der Waals surface area contributed by atoms with E-state index in [9.17, 15) is 0 Å². The van der Waals surface area contributed by atoms with E-state index in [0.717, 1.165) is 32.5 Å². The molecule has 2 N–H and O–H groups in total. The van der Waals surface area contributed by atoms with E-state index in [1.165, 1.54) is 16.5 Å². The van der Waals surface area contributed by atoms with Crippen LogP contribution >= 0.6 is 0 Å². The van der Waals surface area contributed by atoms with Crippen molar-refractivity contribution in [3.63, 3.8) is 0 Å². The molecular formula is C17H26N2O. The predicted molar refractivity (Wildman–Crippen MR) is 84.8 cm³/mol. The Hall–Kier alpha value is -1.32. The molecule has 20 heavy (non-hydrogen) atoms. The van der Waals surface area contributed by atoms with Crippen LogP contribution in [-0.2, 0) is 13.1 Å². The van der Waals surface area contributed by atoms with Gasteiger partial charge in [-0.15, -0.1) is 0 Å². The van der Waals surface area contributed by atoms with Crippen LogP contribution in [-0.4, -0.2) is 22.8 Å². The average molecular weight is 274 g/mol. The average Bonchev–Trinajstić information content (AvgIpc) is 2.81. The highest BCUT2D eigenvalue weighted by Crippen LogP contribution is 2.18. The summed E-state index contributed by atoms with van der Waals surface area (Å²) in [4.78, 5) is 0. The van der Waals surface area contributed by atoms with Gasteiger partial charge >= 0.3 is 0 Å². The van der Waals surface area contributed by atoms with Crippen LogP contribution in [0.5, 0.6) is 0 Å². The highest BCUT2D eigenvalue weighted by Gasteiger charge is 2.03. The fraction of sp³-hybridized carbons (Fsp3) is 0.529. The second-order valence-corrected chi connectivity index (χ2v) is 5.86. The molecule has 0 amide bonds. The monoisotopic (exact) mass is 274 g/mol. The molecule has 0 unspecified atom stereocenters. The number of benzene rings is 1. The van der Waals surface area contributed by atoms with Crippen LogP contribution in [0, 0.1) is 5.92 Å². The first-order valence-corrected chi connectivity index (χ1v) is 7.60. The summed E-state index contributed by atoms with van der Waals surface area (Å²) in [7, 11) is 0. The van der Waals surface area contributed by atoms with Crippen molar-refractivity contribution in [3.8, 4) is 0 Å². The van der Waals surface area contributed by atoms with Crippen molar-refractivity contribution in [2.75, 3.05) is 13.2 Å². The molecule has 0 radical (unpaired) electrons. The molecule has 0 aliphatic rings. The van der Waals surface area contributed by atoms with Gasteiger partial charge in [-0.25, -0.2) is 0 Å². The maximum Gasteiger partial charge on any atom is 0.0483 e. The number of unbranched alkanes of at least 4 members (excludes halogenated alkanes) is 1. The third-order valence-electron chi connectivity index (χ3n) is 3.53. The van der Waals surface area contributed by atoms with E-state index < -0.39 is 0 Å². The Kier molecular flexibility index (Phi) is 5.62. The molecule has 0 saturated carbocycles. The van der Waals surface area contributed by atoms with Gasteiger partial charge in [0.2, 0.25) is 0 Å². The Morgan fingerprint density at radius 2 is 2.05 bits per heavy atom. The molecule has 0 aliphatic heterocycles. The van der Waals surface area contributed by atoms with Crippen LogP contribution in [0.15, 0.2) is 30.5 Å². The lowest BCUT2D eigenvalue weighted by Crippen LogP contribution is -2.18. The Bertz CT molecular complexity index is 531. The van der Waals surface area contributed by atoms with Crippen molar-refractivity contribution in [2.45, 2.75) is 39.8 Å². The number of hydrogen-bond acceptors (Lipinski definition) is 2. The molecule has 3 nitrogen and oxygen atoms in total. The van der Waals surface area contributed by atoms with Gasteiger partial charge in [0, 0.05) is 31.4 Å². The van der Waals surface area contributed by atoms with E-state index in [4.69, 9.17) is 5.11 Å². The quantitative estimate of drug-likeness (QED) is 0.726. The first-order chi connectivity index (χ1) is 9.70. The van der Waals surface area contributed by atoms with Crippen LogP contribution in [0.4, 0.5) is 0 Å². The van der Waals surface area contributed by atoms with Gasteiger partial charge in [0.05, 0.1) is 0 Å². The highest BCUT2D eigenvalue weighted by molar-refractivity contribution is 5.80. The zero-order valence-electron chi connectivity index (χ0n) is 12.6. The third-order valence-corrected chi connectivity index (χ3v) is 3.53. The summed E-state index contributed by atoms with van der Waals surface area (Å²) in [6, 6.07) is 8.85. The molecule has 0 spiro atoms. The van der Waals surface area contributed by atoms with Gasteiger partial charge in [-0.3, -0.25) is 0 Å². The lowest BCUT2D eigenvalue weighted by Gasteiger charge is -2.09. The molecule has 0 atom stereocenters. The van der Waals surface area contributed by atoms with Gasteiger partial charge in [-0.2, -0.15) is 0 Å². The summed E-state index contributed by atoms with van der Waals surface area (Å²) >= 11 is 0. The minimum atomic E-state index is 0.281. The summed E-state index contributed by atoms with van der Waals surface area (Å²) in [5.74, 6) is 0.682. The summed E-state index contributed by atoms with van der Waals surface area (Å²) < 4.78 is 2.29. The molecule has 0 fully saturated rings. The number of aryl methyl sites for hydroxylation is 1. The van der Waals surface area contributed by atoms with E-state index in [1.807, 2.05) is 0 Å². The Morgan fingerprint density at radius 1 is 1.20 bits per heavy atom. The van der Waals surface area contributed by atoms with E-state index in [2.05, 4.69) is 54.2 Å². The topological polar surface area (TPSA) is 37.2 Å². The molecule has 110 valence electrons. The minimum Gasteiger partial charge on any atom is -0.396 e. The van der Waals surface area contributed by atoms with Crippen molar-refractivity contribution < 1.29 is 5.11 Å². The van der Waals surface area contributed by atoms with Crippen LogP contribution in [0.1, 0.15) is 32.3 Å². The van der Waals surface area contributed by atoms with Crippen molar-refractivity contribution in [1.29, 1.82) is 0 Å². The fourth-order valence-electron chi connectivity index (χ4n) is 2.43. The molecule has 0 bridgehead atoms. The number of aliphatic hydroxyl groups excluding tert-OH is 1. The standard InChI is InChI=1S/C17H26N2O/c1-14(2)12-18-13-15-5-6-16-7-9-19(17(16)11-15)8-3-4-10-20/h5-7,9,11,14,18,20H,3-4,8,10,12-13H2,1-2H3. The molecule has 1 heterocycles. The largest absolute Gasteiger partial charge is 0.396 e. The van der Waals surface area contributed by atoms with Crippen LogP contribution in [0.2, 0.25) is 0 Å². The number of fused-ring (bicyclic) bond motifs is 1. The minimum absolute atomic E-state index is 0.281. The first-order valence-electron chi connectivity index (χ1n) is 7.60. The maximum absolute atomic E-state index is 8.88. The predicted octanol–water partition coefficient (Wildman–Crippen LogP) is 3.16. The normalized spacial score (nSPS) is 11.6. The summed E-state index contributed by atoms with van der Waals surface area (Å²) in [6.45, 7) is 7.69. The molecule has 2 rings (SSSR count). The van der Waals surface area contributed by atoms with Crippen LogP contribution < -0.4 is 5.32 Å². The third kappa shape index (κ3) is 4.09. The van der Waals surface area contributed by atoms with Crippen molar-refractivity contribution in [1.82, 2.24) is 9.88 Å². The van der Waals surface area contributed by atoms with E-state index in [-0.39, 0.29) is 6.61 Å². The van der Waals surface area contributed by atoms with Gasteiger partial charge in [0.15, 0.2) is 0 Å². The molecule has 2 aromatic rings. The number of aliphatic hydroxyl groups is 1. The number of hydrogen-bond donors (Lipinski definition) is 2. The van der Waals surface area contributed by atoms with E-state index >= 15 is 0 Å². The SMILES string of the molecule is CC(C)CNCc1ccc2ccn(CCCCO)c2c1. The summed E-state index contributed by atoms with van der Waals surface area (Å²) in [6.07, 6.45) is 4.04. The Balaban J connectivity index is 2.04. The first kappa shape index (κ1) is 15.1. The smallest absolute Gasteiger partial charge is 0.0483 e. The molecule has 1 aromatic heterocycles. The zero-order valence-corrected chi connectivity index (χ0v) is 12.6. The van der Waals surface area contributed by atoms with E-state index in [0.29, 0.717) is 5.92 Å². The number of nitrogens with one attached hydrogen (secondary N) is 1. The molecule has 0 saturated heterocycles. The van der Waals surface area contributed by atoms with E-state index in [1.54, 1.807) is 0 Å². The number of aromatic nitrogens is 1. The molecule has 1 aromatic carbocycles. The Morgan fingerprint density at radius 3 is 2.80 bits per heavy atom. The molecular weight excluding hydrogens is 248 g/mol. The summed E-state index contributed by atoms with van der Waals surface area (Å²) in [5, 5.41) is 13.7. The number of rotatable bonds is 8. The molecule has 3 heteroatoms. The van der Waals surface area contributed by atoms with Gasteiger partial charge in [-0.05, 0) is 48.4 Å². The van der Waals surface area contributed by atoms with Crippen molar-refractivity contribution >= 4 is 10.9 Å². The van der Waals surface area contributed by atoms with Gasteiger partial charge < -0.3 is 15.0 Å². The van der Waals surface area contributed by atoms with Crippen molar-refractivity contribution in [2.24, 2.45) is 5.92 Å². The maximum atomic E-state index is 8.88. The Labute approximate surface area is 121 Å². The van der Waals surface area contributed by atoms with Gasteiger partial charge in [0.25, 0.3) is 0 Å². The lowest BCUT2D eigenvalue weighted by atomic mass is 10.1. The molecule has 0 aliphatic carbocycles. The summed E-state index contributed by atoms with van der Waals surface area (Å²) in [5.41, 5.74) is 2.63. The van der Waals surface area contributed by atoms with Gasteiger partial charge in [-0.1, -0.05) is 26.0 Å². The fourth-order valence-corrected chi connectivity index (χ4v) is 2.43. The lowest BCUT2D eigenvalue weighted by molar-refractivity contribution is 0.281. The highest BCUT2D eigenvalue weighted by atomic mass is 16.2. The zero-order chi connectivity index (χ0) is 14.4. The number of nitrogens with zero attached hydrogens (tertiary/aromatic N) is 1.